The zero-order chi connectivity index (χ0) is 9.97. The van der Waals surface area contributed by atoms with E-state index in [2.05, 4.69) is 32.6 Å². The molecule has 78 valence electrons. The first kappa shape index (κ1) is 10.2. The van der Waals surface area contributed by atoms with Gasteiger partial charge in [-0.1, -0.05) is 19.8 Å². The second kappa shape index (κ2) is 4.47. The van der Waals surface area contributed by atoms with Crippen LogP contribution >= 0.6 is 15.9 Å². The van der Waals surface area contributed by atoms with E-state index < -0.39 is 0 Å². The average molecular weight is 257 g/mol. The lowest BCUT2D eigenvalue weighted by Gasteiger charge is -2.06. The fraction of sp³-hybridized carbons (Fsp3) is 0.727. The van der Waals surface area contributed by atoms with Gasteiger partial charge in [-0.25, -0.2) is 0 Å². The fourth-order valence-corrected chi connectivity index (χ4v) is 2.44. The van der Waals surface area contributed by atoms with Crippen molar-refractivity contribution in [1.29, 1.82) is 0 Å². The largest absolute Gasteiger partial charge is 0.268 e. The topological polar surface area (TPSA) is 17.8 Å². The molecule has 0 unspecified atom stereocenters. The van der Waals surface area contributed by atoms with Gasteiger partial charge in [-0.2, -0.15) is 5.10 Å². The van der Waals surface area contributed by atoms with Crippen LogP contribution in [0.5, 0.6) is 0 Å². The molecule has 0 atom stereocenters. The molecule has 0 aliphatic heterocycles. The average Bonchev–Trinajstić information content (AvgIpc) is 2.93. The highest BCUT2D eigenvalue weighted by atomic mass is 79.9. The normalized spacial score (nSPS) is 16.1. The van der Waals surface area contributed by atoms with E-state index in [1.165, 1.54) is 42.3 Å². The predicted octanol–water partition coefficient (Wildman–Crippen LogP) is 3.71. The Morgan fingerprint density at radius 2 is 2.29 bits per heavy atom. The zero-order valence-corrected chi connectivity index (χ0v) is 10.3. The van der Waals surface area contributed by atoms with Gasteiger partial charge in [0.25, 0.3) is 0 Å². The minimum atomic E-state index is 0.786. The van der Waals surface area contributed by atoms with Crippen LogP contribution in [0.2, 0.25) is 0 Å². The SMILES string of the molecule is CCCCCn1ncc(Br)c1C1CC1. The monoisotopic (exact) mass is 256 g/mol. The molecule has 0 saturated heterocycles. The van der Waals surface area contributed by atoms with E-state index >= 15 is 0 Å². The van der Waals surface area contributed by atoms with Crippen molar-refractivity contribution in [2.75, 3.05) is 0 Å². The van der Waals surface area contributed by atoms with Crippen molar-refractivity contribution in [3.63, 3.8) is 0 Å². The molecule has 14 heavy (non-hydrogen) atoms. The number of unbranched alkanes of at least 4 members (excludes halogenated alkanes) is 2. The summed E-state index contributed by atoms with van der Waals surface area (Å²) in [5, 5.41) is 4.42. The van der Waals surface area contributed by atoms with E-state index in [-0.39, 0.29) is 0 Å². The minimum absolute atomic E-state index is 0.786. The molecule has 1 saturated carbocycles. The van der Waals surface area contributed by atoms with Crippen LogP contribution in [0.15, 0.2) is 10.7 Å². The van der Waals surface area contributed by atoms with Crippen LogP contribution in [-0.2, 0) is 6.54 Å². The molecule has 1 aromatic rings. The van der Waals surface area contributed by atoms with E-state index in [0.717, 1.165) is 12.5 Å². The number of aryl methyl sites for hydroxylation is 1. The van der Waals surface area contributed by atoms with E-state index in [9.17, 15) is 0 Å². The summed E-state index contributed by atoms with van der Waals surface area (Å²) in [6.07, 6.45) is 8.48. The molecule has 0 N–H and O–H groups in total. The molecule has 3 heteroatoms. The third kappa shape index (κ3) is 2.19. The minimum Gasteiger partial charge on any atom is -0.268 e. The Kier molecular flexibility index (Phi) is 3.26. The van der Waals surface area contributed by atoms with Crippen LogP contribution in [0.3, 0.4) is 0 Å². The first-order valence-corrected chi connectivity index (χ1v) is 6.33. The second-order valence-corrected chi connectivity index (χ2v) is 4.94. The third-order valence-corrected chi connectivity index (χ3v) is 3.38. The molecular formula is C11H17BrN2. The maximum Gasteiger partial charge on any atom is 0.0635 e. The Balaban J connectivity index is 2.01. The standard InChI is InChI=1S/C11H17BrN2/c1-2-3-4-7-14-11(9-5-6-9)10(12)8-13-14/h8-9H,2-7H2,1H3. The number of halogens is 1. The number of hydrogen-bond donors (Lipinski definition) is 0. The first-order chi connectivity index (χ1) is 6.83. The molecule has 1 aliphatic carbocycles. The zero-order valence-electron chi connectivity index (χ0n) is 8.67. The Bertz CT molecular complexity index is 302. The van der Waals surface area contributed by atoms with Gasteiger partial charge in [-0.3, -0.25) is 4.68 Å². The van der Waals surface area contributed by atoms with Gasteiger partial charge in [-0.05, 0) is 35.2 Å². The summed E-state index contributed by atoms with van der Waals surface area (Å²) in [4.78, 5) is 0. The summed E-state index contributed by atoms with van der Waals surface area (Å²) < 4.78 is 3.40. The maximum atomic E-state index is 4.42. The van der Waals surface area contributed by atoms with E-state index in [1.54, 1.807) is 0 Å². The van der Waals surface area contributed by atoms with Gasteiger partial charge in [0.05, 0.1) is 16.4 Å². The van der Waals surface area contributed by atoms with Crippen molar-refractivity contribution >= 4 is 15.9 Å². The van der Waals surface area contributed by atoms with Crippen molar-refractivity contribution in [2.24, 2.45) is 0 Å². The van der Waals surface area contributed by atoms with Gasteiger partial charge in [0.15, 0.2) is 0 Å². The van der Waals surface area contributed by atoms with E-state index in [0.29, 0.717) is 0 Å². The molecule has 2 nitrogen and oxygen atoms in total. The van der Waals surface area contributed by atoms with Crippen molar-refractivity contribution in [1.82, 2.24) is 9.78 Å². The Hall–Kier alpha value is -0.310. The highest BCUT2D eigenvalue weighted by Crippen LogP contribution is 2.43. The van der Waals surface area contributed by atoms with Gasteiger partial charge in [0, 0.05) is 12.5 Å². The van der Waals surface area contributed by atoms with Crippen LogP contribution in [0.25, 0.3) is 0 Å². The molecule has 1 fully saturated rings. The second-order valence-electron chi connectivity index (χ2n) is 4.08. The molecular weight excluding hydrogens is 240 g/mol. The van der Waals surface area contributed by atoms with E-state index in [1.807, 2.05) is 6.20 Å². The molecule has 2 rings (SSSR count). The molecule has 1 aromatic heterocycles. The lowest BCUT2D eigenvalue weighted by molar-refractivity contribution is 0.533. The van der Waals surface area contributed by atoms with Crippen molar-refractivity contribution < 1.29 is 0 Å². The summed E-state index contributed by atoms with van der Waals surface area (Å²) in [6, 6.07) is 0. The predicted molar refractivity (Wildman–Crippen MR) is 61.4 cm³/mol. The Labute approximate surface area is 93.8 Å². The first-order valence-electron chi connectivity index (χ1n) is 5.54. The fourth-order valence-electron chi connectivity index (χ4n) is 1.82. The van der Waals surface area contributed by atoms with Crippen LogP contribution in [0, 0.1) is 0 Å². The van der Waals surface area contributed by atoms with Crippen LogP contribution in [-0.4, -0.2) is 9.78 Å². The summed E-state index contributed by atoms with van der Waals surface area (Å²) in [7, 11) is 0. The molecule has 1 heterocycles. The number of aromatic nitrogens is 2. The van der Waals surface area contributed by atoms with Crippen LogP contribution in [0.4, 0.5) is 0 Å². The number of hydrogen-bond acceptors (Lipinski definition) is 1. The quantitative estimate of drug-likeness (QED) is 0.735. The number of nitrogens with zero attached hydrogens (tertiary/aromatic N) is 2. The summed E-state index contributed by atoms with van der Waals surface area (Å²) >= 11 is 3.58. The Morgan fingerprint density at radius 3 is 2.93 bits per heavy atom. The van der Waals surface area contributed by atoms with Crippen LogP contribution in [0.1, 0.15) is 50.6 Å². The summed E-state index contributed by atoms with van der Waals surface area (Å²) in [6.45, 7) is 3.33. The smallest absolute Gasteiger partial charge is 0.0635 e. The molecule has 0 bridgehead atoms. The summed E-state index contributed by atoms with van der Waals surface area (Å²) in [5.41, 5.74) is 1.43. The maximum absolute atomic E-state index is 4.42. The molecule has 0 aromatic carbocycles. The van der Waals surface area contributed by atoms with Crippen molar-refractivity contribution in [3.8, 4) is 0 Å². The number of rotatable bonds is 5. The van der Waals surface area contributed by atoms with Gasteiger partial charge in [0.1, 0.15) is 0 Å². The highest BCUT2D eigenvalue weighted by Gasteiger charge is 2.29. The van der Waals surface area contributed by atoms with Gasteiger partial charge < -0.3 is 0 Å². The van der Waals surface area contributed by atoms with E-state index in [4.69, 9.17) is 0 Å². The lowest BCUT2D eigenvalue weighted by Crippen LogP contribution is -2.04. The molecule has 0 radical (unpaired) electrons. The van der Waals surface area contributed by atoms with Crippen molar-refractivity contribution in [2.45, 2.75) is 51.5 Å². The van der Waals surface area contributed by atoms with Gasteiger partial charge >= 0.3 is 0 Å². The highest BCUT2D eigenvalue weighted by molar-refractivity contribution is 9.10. The molecule has 0 spiro atoms. The van der Waals surface area contributed by atoms with Crippen molar-refractivity contribution in [3.05, 3.63) is 16.4 Å². The van der Waals surface area contributed by atoms with Gasteiger partial charge in [-0.15, -0.1) is 0 Å². The lowest BCUT2D eigenvalue weighted by atomic mass is 10.2. The summed E-state index contributed by atoms with van der Waals surface area (Å²) in [5.74, 6) is 0.786. The van der Waals surface area contributed by atoms with Crippen LogP contribution < -0.4 is 0 Å². The third-order valence-electron chi connectivity index (χ3n) is 2.77. The van der Waals surface area contributed by atoms with Gasteiger partial charge in [0.2, 0.25) is 0 Å². The molecule has 0 amide bonds. The Morgan fingerprint density at radius 1 is 1.50 bits per heavy atom. The molecule has 1 aliphatic rings.